The van der Waals surface area contributed by atoms with E-state index in [0.29, 0.717) is 21.5 Å². The predicted octanol–water partition coefficient (Wildman–Crippen LogP) is 4.86. The van der Waals surface area contributed by atoms with Gasteiger partial charge >= 0.3 is 0 Å². The molecule has 0 aliphatic heterocycles. The van der Waals surface area contributed by atoms with Gasteiger partial charge in [0.15, 0.2) is 6.61 Å². The summed E-state index contributed by atoms with van der Waals surface area (Å²) in [5.74, 6) is 0.543. The highest BCUT2D eigenvalue weighted by atomic mass is 35.5. The molecule has 0 spiro atoms. The second-order valence-electron chi connectivity index (χ2n) is 7.90. The van der Waals surface area contributed by atoms with Crippen LogP contribution in [-0.4, -0.2) is 42.5 Å². The van der Waals surface area contributed by atoms with Crippen LogP contribution in [0.25, 0.3) is 0 Å². The number of methoxy groups -OCH3 is 1. The maximum Gasteiger partial charge on any atom is 0.261 e. The lowest BCUT2D eigenvalue weighted by Gasteiger charge is -2.29. The van der Waals surface area contributed by atoms with Gasteiger partial charge in [-0.15, -0.1) is 0 Å². The van der Waals surface area contributed by atoms with Gasteiger partial charge in [0.25, 0.3) is 5.91 Å². The van der Waals surface area contributed by atoms with E-state index in [9.17, 15) is 9.59 Å². The first-order valence-electron chi connectivity index (χ1n) is 10.7. The average Bonchev–Trinajstić information content (AvgIpc) is 3.29. The number of amides is 2. The maximum absolute atomic E-state index is 13.2. The molecule has 0 heterocycles. The van der Waals surface area contributed by atoms with Crippen molar-refractivity contribution < 1.29 is 19.1 Å². The second-order valence-corrected chi connectivity index (χ2v) is 8.75. The zero-order valence-corrected chi connectivity index (χ0v) is 19.8. The number of hydrogen-bond donors (Lipinski definition) is 1. The lowest BCUT2D eigenvalue weighted by molar-refractivity contribution is -0.142. The van der Waals surface area contributed by atoms with Crippen LogP contribution in [0.2, 0.25) is 10.0 Å². The Morgan fingerprint density at radius 3 is 2.59 bits per heavy atom. The van der Waals surface area contributed by atoms with Crippen LogP contribution in [0, 0.1) is 0 Å². The zero-order valence-electron chi connectivity index (χ0n) is 18.3. The van der Waals surface area contributed by atoms with Crippen molar-refractivity contribution >= 4 is 35.0 Å². The van der Waals surface area contributed by atoms with Crippen LogP contribution in [0.5, 0.6) is 11.5 Å². The molecular weight excluding hydrogens is 451 g/mol. The molecule has 1 aliphatic rings. The molecule has 1 aliphatic carbocycles. The van der Waals surface area contributed by atoms with Crippen LogP contribution in [0.15, 0.2) is 42.5 Å². The smallest absolute Gasteiger partial charge is 0.261 e. The van der Waals surface area contributed by atoms with Crippen molar-refractivity contribution in [2.45, 2.75) is 51.2 Å². The van der Waals surface area contributed by atoms with E-state index in [0.717, 1.165) is 31.2 Å². The summed E-state index contributed by atoms with van der Waals surface area (Å²) in [5.41, 5.74) is 0.850. The summed E-state index contributed by atoms with van der Waals surface area (Å²) in [7, 11) is 1.59. The van der Waals surface area contributed by atoms with E-state index in [4.69, 9.17) is 32.7 Å². The Hall–Kier alpha value is -2.44. The number of halogens is 2. The van der Waals surface area contributed by atoms with Gasteiger partial charge in [-0.25, -0.2) is 0 Å². The molecule has 0 unspecified atom stereocenters. The number of nitrogens with one attached hydrogen (secondary N) is 1. The van der Waals surface area contributed by atoms with E-state index in [1.165, 1.54) is 4.90 Å². The molecule has 0 radical (unpaired) electrons. The summed E-state index contributed by atoms with van der Waals surface area (Å²) < 4.78 is 10.9. The van der Waals surface area contributed by atoms with Gasteiger partial charge in [-0.2, -0.15) is 0 Å². The van der Waals surface area contributed by atoms with Crippen LogP contribution < -0.4 is 14.8 Å². The fourth-order valence-electron chi connectivity index (χ4n) is 3.76. The fourth-order valence-corrected chi connectivity index (χ4v) is 4.22. The Morgan fingerprint density at radius 1 is 1.16 bits per heavy atom. The minimum absolute atomic E-state index is 0.169. The van der Waals surface area contributed by atoms with Crippen LogP contribution in [-0.2, 0) is 16.1 Å². The lowest BCUT2D eigenvalue weighted by Crippen LogP contribution is -2.50. The van der Waals surface area contributed by atoms with E-state index in [-0.39, 0.29) is 31.0 Å². The summed E-state index contributed by atoms with van der Waals surface area (Å²) in [5, 5.41) is 3.87. The molecule has 172 valence electrons. The van der Waals surface area contributed by atoms with Crippen LogP contribution in [0.1, 0.15) is 38.2 Å². The highest BCUT2D eigenvalue weighted by Crippen LogP contribution is 2.27. The summed E-state index contributed by atoms with van der Waals surface area (Å²) in [6, 6.07) is 11.7. The number of rotatable bonds is 9. The third-order valence-corrected chi connectivity index (χ3v) is 6.13. The first-order valence-corrected chi connectivity index (χ1v) is 11.4. The van der Waals surface area contributed by atoms with Crippen LogP contribution in [0.3, 0.4) is 0 Å². The first kappa shape index (κ1) is 24.2. The third kappa shape index (κ3) is 6.53. The van der Waals surface area contributed by atoms with Crippen molar-refractivity contribution in [2.75, 3.05) is 13.7 Å². The van der Waals surface area contributed by atoms with Crippen LogP contribution >= 0.6 is 23.2 Å². The summed E-state index contributed by atoms with van der Waals surface area (Å²) in [4.78, 5) is 27.6. The molecule has 8 heteroatoms. The first-order chi connectivity index (χ1) is 15.4. The maximum atomic E-state index is 13.2. The number of benzene rings is 2. The summed E-state index contributed by atoms with van der Waals surface area (Å²) in [6.45, 7) is 1.72. The van der Waals surface area contributed by atoms with Gasteiger partial charge in [0.05, 0.1) is 12.1 Å². The quantitative estimate of drug-likeness (QED) is 0.558. The van der Waals surface area contributed by atoms with Crippen molar-refractivity contribution in [3.63, 3.8) is 0 Å². The SMILES string of the molecule is COc1cccc(CN(C(=O)COc2ccc(Cl)cc2Cl)[C@@H](C)C(=O)NC2CCCC2)c1. The van der Waals surface area contributed by atoms with E-state index in [2.05, 4.69) is 5.32 Å². The van der Waals surface area contributed by atoms with Crippen molar-refractivity contribution in [1.29, 1.82) is 0 Å². The Bertz CT molecular complexity index is 947. The molecule has 32 heavy (non-hydrogen) atoms. The molecule has 2 aromatic rings. The third-order valence-electron chi connectivity index (χ3n) is 5.60. The fraction of sp³-hybridized carbons (Fsp3) is 0.417. The highest BCUT2D eigenvalue weighted by molar-refractivity contribution is 6.35. The normalized spacial score (nSPS) is 14.6. The van der Waals surface area contributed by atoms with Crippen molar-refractivity contribution in [3.8, 4) is 11.5 Å². The molecule has 0 saturated heterocycles. The van der Waals surface area contributed by atoms with Gasteiger partial charge in [-0.1, -0.05) is 48.2 Å². The van der Waals surface area contributed by atoms with Gasteiger partial charge in [0.2, 0.25) is 5.91 Å². The Morgan fingerprint density at radius 2 is 1.91 bits per heavy atom. The van der Waals surface area contributed by atoms with E-state index < -0.39 is 6.04 Å². The largest absolute Gasteiger partial charge is 0.497 e. The molecule has 1 saturated carbocycles. The monoisotopic (exact) mass is 478 g/mol. The molecular formula is C24H28Cl2N2O4. The molecule has 0 aromatic heterocycles. The Labute approximate surface area is 198 Å². The molecule has 2 amide bonds. The molecule has 6 nitrogen and oxygen atoms in total. The topological polar surface area (TPSA) is 67.9 Å². The summed E-state index contributed by atoms with van der Waals surface area (Å²) in [6.07, 6.45) is 4.17. The number of carbonyl (C=O) groups is 2. The molecule has 1 N–H and O–H groups in total. The van der Waals surface area contributed by atoms with Gasteiger partial charge < -0.3 is 19.7 Å². The standard InChI is InChI=1S/C24H28Cl2N2O4/c1-16(24(30)27-19-7-3-4-8-19)28(14-17-6-5-9-20(12-17)31-2)23(29)15-32-22-11-10-18(25)13-21(22)26/h5-6,9-13,16,19H,3-4,7-8,14-15H2,1-2H3,(H,27,30)/t16-/m0/s1. The zero-order chi connectivity index (χ0) is 23.1. The highest BCUT2D eigenvalue weighted by Gasteiger charge is 2.29. The van der Waals surface area contributed by atoms with Gasteiger partial charge in [-0.05, 0) is 55.7 Å². The molecule has 1 atom stereocenters. The number of ether oxygens (including phenoxy) is 2. The second kappa shape index (κ2) is 11.4. The minimum Gasteiger partial charge on any atom is -0.497 e. The van der Waals surface area contributed by atoms with Crippen molar-refractivity contribution in [1.82, 2.24) is 10.2 Å². The average molecular weight is 479 g/mol. The van der Waals surface area contributed by atoms with Crippen molar-refractivity contribution in [3.05, 3.63) is 58.1 Å². The predicted molar refractivity (Wildman–Crippen MR) is 125 cm³/mol. The molecule has 3 rings (SSSR count). The Kier molecular flexibility index (Phi) is 8.65. The van der Waals surface area contributed by atoms with Gasteiger partial charge in [0, 0.05) is 17.6 Å². The minimum atomic E-state index is -0.668. The molecule has 1 fully saturated rings. The Balaban J connectivity index is 1.74. The number of nitrogens with zero attached hydrogens (tertiary/aromatic N) is 1. The van der Waals surface area contributed by atoms with Gasteiger partial charge in [0.1, 0.15) is 17.5 Å². The lowest BCUT2D eigenvalue weighted by atomic mass is 10.1. The number of hydrogen-bond acceptors (Lipinski definition) is 4. The van der Waals surface area contributed by atoms with Crippen molar-refractivity contribution in [2.24, 2.45) is 0 Å². The van der Waals surface area contributed by atoms with E-state index >= 15 is 0 Å². The molecule has 0 bridgehead atoms. The summed E-state index contributed by atoms with van der Waals surface area (Å²) >= 11 is 12.1. The molecule has 2 aromatic carbocycles. The van der Waals surface area contributed by atoms with Gasteiger partial charge in [-0.3, -0.25) is 9.59 Å². The van der Waals surface area contributed by atoms with E-state index in [1.807, 2.05) is 24.3 Å². The number of carbonyl (C=O) groups excluding carboxylic acids is 2. The van der Waals surface area contributed by atoms with E-state index in [1.54, 1.807) is 32.2 Å². The van der Waals surface area contributed by atoms with Crippen LogP contribution in [0.4, 0.5) is 0 Å².